The number of benzene rings is 2. The molecule has 156 valence electrons. The second kappa shape index (κ2) is 8.73. The van der Waals surface area contributed by atoms with Gasteiger partial charge in [-0.2, -0.15) is 0 Å². The Morgan fingerprint density at radius 2 is 1.77 bits per heavy atom. The van der Waals surface area contributed by atoms with Crippen molar-refractivity contribution < 1.29 is 9.59 Å². The minimum atomic E-state index is -0.979. The maximum absolute atomic E-state index is 12.7. The van der Waals surface area contributed by atoms with Gasteiger partial charge in [-0.15, -0.1) is 0 Å². The van der Waals surface area contributed by atoms with Crippen LogP contribution in [0.15, 0.2) is 66.0 Å². The minimum Gasteiger partial charge on any atom is -0.363 e. The number of carbonyl (C=O) groups excluding carboxylic acids is 2. The first-order valence-corrected chi connectivity index (χ1v) is 11.2. The van der Waals surface area contributed by atoms with Gasteiger partial charge in [-0.3, -0.25) is 9.59 Å². The lowest BCUT2D eigenvalue weighted by atomic mass is 9.99. The van der Waals surface area contributed by atoms with Gasteiger partial charge in [-0.25, -0.2) is 9.97 Å². The first-order valence-electron chi connectivity index (χ1n) is 9.94. The third-order valence-electron chi connectivity index (χ3n) is 5.28. The zero-order valence-corrected chi connectivity index (χ0v) is 18.1. The first kappa shape index (κ1) is 20.8. The Morgan fingerprint density at radius 1 is 1.06 bits per heavy atom. The quantitative estimate of drug-likeness (QED) is 0.206. The molecule has 2 aromatic carbocycles. The van der Waals surface area contributed by atoms with Crippen LogP contribution >= 0.6 is 11.8 Å². The standard InChI is InChI=1S/C24H22N4O2S/c1-3-19-20(21(29)22(25)30)18-13-26-24(31-2)27-23(18)28(19)14-16-11-7-8-12-17(16)15-9-5-4-6-10-15/h4-13H,3,14H2,1-2H3,(H2,25,30). The van der Waals surface area contributed by atoms with E-state index in [9.17, 15) is 9.59 Å². The smallest absolute Gasteiger partial charge is 0.289 e. The fraction of sp³-hybridized carbons (Fsp3) is 0.167. The Kier molecular flexibility index (Phi) is 5.86. The molecule has 1 amide bonds. The molecule has 0 aliphatic carbocycles. The van der Waals surface area contributed by atoms with Crippen LogP contribution in [0.3, 0.4) is 0 Å². The summed E-state index contributed by atoms with van der Waals surface area (Å²) in [6.45, 7) is 2.45. The van der Waals surface area contributed by atoms with Gasteiger partial charge in [0, 0.05) is 23.8 Å². The Hall–Kier alpha value is -3.45. The lowest BCUT2D eigenvalue weighted by Gasteiger charge is -2.14. The van der Waals surface area contributed by atoms with Gasteiger partial charge in [0.15, 0.2) is 5.16 Å². The van der Waals surface area contributed by atoms with Crippen LogP contribution in [0.2, 0.25) is 0 Å². The highest BCUT2D eigenvalue weighted by atomic mass is 32.2. The molecule has 7 heteroatoms. The van der Waals surface area contributed by atoms with E-state index in [1.54, 1.807) is 6.20 Å². The zero-order valence-electron chi connectivity index (χ0n) is 17.3. The van der Waals surface area contributed by atoms with Gasteiger partial charge in [-0.05, 0) is 29.4 Å². The van der Waals surface area contributed by atoms with Crippen LogP contribution < -0.4 is 5.73 Å². The van der Waals surface area contributed by atoms with Crippen LogP contribution in [0.1, 0.15) is 28.5 Å². The lowest BCUT2D eigenvalue weighted by Crippen LogP contribution is -2.24. The summed E-state index contributed by atoms with van der Waals surface area (Å²) in [6, 6.07) is 18.3. The molecule has 0 bridgehead atoms. The Balaban J connectivity index is 1.95. The number of carbonyl (C=O) groups is 2. The molecule has 4 aromatic rings. The summed E-state index contributed by atoms with van der Waals surface area (Å²) in [5.41, 5.74) is 10.3. The van der Waals surface area contributed by atoms with E-state index in [0.29, 0.717) is 34.7 Å². The van der Waals surface area contributed by atoms with E-state index < -0.39 is 11.7 Å². The van der Waals surface area contributed by atoms with Gasteiger partial charge >= 0.3 is 0 Å². The SMILES string of the molecule is CCc1c(C(=O)C(N)=O)c2cnc(SC)nc2n1Cc1ccccc1-c1ccccc1. The highest BCUT2D eigenvalue weighted by Crippen LogP contribution is 2.30. The van der Waals surface area contributed by atoms with E-state index in [1.165, 1.54) is 11.8 Å². The van der Waals surface area contributed by atoms with E-state index in [2.05, 4.69) is 34.2 Å². The second-order valence-electron chi connectivity index (χ2n) is 7.07. The predicted octanol–water partition coefficient (Wildman–Crippen LogP) is 4.10. The van der Waals surface area contributed by atoms with Gasteiger partial charge in [0.2, 0.25) is 0 Å². The van der Waals surface area contributed by atoms with Crippen molar-refractivity contribution in [3.63, 3.8) is 0 Å². The summed E-state index contributed by atoms with van der Waals surface area (Å²) >= 11 is 1.42. The number of thioether (sulfide) groups is 1. The van der Waals surface area contributed by atoms with Crippen molar-refractivity contribution in [3.05, 3.63) is 77.6 Å². The molecule has 4 rings (SSSR count). The summed E-state index contributed by atoms with van der Waals surface area (Å²) in [6.07, 6.45) is 4.06. The fourth-order valence-corrected chi connectivity index (χ4v) is 4.23. The van der Waals surface area contributed by atoms with Crippen molar-refractivity contribution in [2.24, 2.45) is 5.73 Å². The molecule has 0 unspecified atom stereocenters. The molecule has 2 aromatic heterocycles. The number of rotatable bonds is 7. The molecule has 0 spiro atoms. The van der Waals surface area contributed by atoms with E-state index >= 15 is 0 Å². The number of nitrogens with zero attached hydrogens (tertiary/aromatic N) is 3. The molecule has 0 fully saturated rings. The van der Waals surface area contributed by atoms with Gasteiger partial charge in [0.05, 0.1) is 5.56 Å². The number of hydrogen-bond donors (Lipinski definition) is 1. The molecule has 0 aliphatic rings. The minimum absolute atomic E-state index is 0.301. The van der Waals surface area contributed by atoms with E-state index in [0.717, 1.165) is 22.4 Å². The molecule has 0 radical (unpaired) electrons. The molecule has 0 atom stereocenters. The van der Waals surface area contributed by atoms with Crippen LogP contribution in [0.25, 0.3) is 22.2 Å². The van der Waals surface area contributed by atoms with Crippen LogP contribution in [-0.2, 0) is 17.8 Å². The van der Waals surface area contributed by atoms with Crippen LogP contribution in [0.4, 0.5) is 0 Å². The number of aromatic nitrogens is 3. The third kappa shape index (κ3) is 3.84. The topological polar surface area (TPSA) is 90.9 Å². The summed E-state index contributed by atoms with van der Waals surface area (Å²) in [5.74, 6) is -1.69. The second-order valence-corrected chi connectivity index (χ2v) is 7.85. The van der Waals surface area contributed by atoms with E-state index in [1.807, 2.05) is 48.1 Å². The van der Waals surface area contributed by atoms with Gasteiger partial charge < -0.3 is 10.3 Å². The number of ketones is 1. The molecule has 6 nitrogen and oxygen atoms in total. The highest BCUT2D eigenvalue weighted by Gasteiger charge is 2.26. The maximum atomic E-state index is 12.7. The molecule has 31 heavy (non-hydrogen) atoms. The normalized spacial score (nSPS) is 11.0. The van der Waals surface area contributed by atoms with Gasteiger partial charge in [-0.1, -0.05) is 73.3 Å². The van der Waals surface area contributed by atoms with E-state index in [4.69, 9.17) is 5.73 Å². The number of amides is 1. The summed E-state index contributed by atoms with van der Waals surface area (Å²) in [5, 5.41) is 1.15. The molecule has 2 N–H and O–H groups in total. The number of primary amides is 1. The average molecular weight is 431 g/mol. The monoisotopic (exact) mass is 430 g/mol. The fourth-order valence-electron chi connectivity index (χ4n) is 3.90. The molecule has 2 heterocycles. The largest absolute Gasteiger partial charge is 0.363 e. The summed E-state index contributed by atoms with van der Waals surface area (Å²) in [4.78, 5) is 33.5. The summed E-state index contributed by atoms with van der Waals surface area (Å²) in [7, 11) is 0. The molecular weight excluding hydrogens is 408 g/mol. The highest BCUT2D eigenvalue weighted by molar-refractivity contribution is 7.98. The Labute approximate surface area is 184 Å². The van der Waals surface area contributed by atoms with Crippen molar-refractivity contribution in [3.8, 4) is 11.1 Å². The molecular formula is C24H22N4O2S. The van der Waals surface area contributed by atoms with Crippen LogP contribution in [0, 0.1) is 0 Å². The van der Waals surface area contributed by atoms with Crippen molar-refractivity contribution >= 4 is 34.5 Å². The van der Waals surface area contributed by atoms with Crippen molar-refractivity contribution in [2.75, 3.05) is 6.26 Å². The number of Topliss-reactive ketones (excluding diaryl/α,β-unsaturated/α-hetero) is 1. The van der Waals surface area contributed by atoms with Gasteiger partial charge in [0.1, 0.15) is 5.65 Å². The number of nitrogens with two attached hydrogens (primary N) is 1. The number of hydrogen-bond acceptors (Lipinski definition) is 5. The Bertz CT molecular complexity index is 1280. The molecule has 0 aliphatic heterocycles. The van der Waals surface area contributed by atoms with Crippen molar-refractivity contribution in [2.45, 2.75) is 25.0 Å². The molecule has 0 saturated heterocycles. The van der Waals surface area contributed by atoms with Crippen molar-refractivity contribution in [1.29, 1.82) is 0 Å². The zero-order chi connectivity index (χ0) is 22.0. The predicted molar refractivity (Wildman–Crippen MR) is 123 cm³/mol. The summed E-state index contributed by atoms with van der Waals surface area (Å²) < 4.78 is 2.01. The van der Waals surface area contributed by atoms with Crippen LogP contribution in [0.5, 0.6) is 0 Å². The average Bonchev–Trinajstić information content (AvgIpc) is 3.11. The van der Waals surface area contributed by atoms with Crippen LogP contribution in [-0.4, -0.2) is 32.5 Å². The third-order valence-corrected chi connectivity index (χ3v) is 5.85. The maximum Gasteiger partial charge on any atom is 0.289 e. The first-order chi connectivity index (χ1) is 15.0. The lowest BCUT2D eigenvalue weighted by molar-refractivity contribution is -0.114. The van der Waals surface area contributed by atoms with Gasteiger partial charge in [0.25, 0.3) is 11.7 Å². The Morgan fingerprint density at radius 3 is 2.45 bits per heavy atom. The van der Waals surface area contributed by atoms with Crippen molar-refractivity contribution in [1.82, 2.24) is 14.5 Å². The van der Waals surface area contributed by atoms with E-state index in [-0.39, 0.29) is 0 Å². The number of fused-ring (bicyclic) bond motifs is 1. The molecule has 0 saturated carbocycles.